The topological polar surface area (TPSA) is 75.6 Å². The summed E-state index contributed by atoms with van der Waals surface area (Å²) in [6.45, 7) is 2.58. The van der Waals surface area contributed by atoms with Crippen molar-refractivity contribution in [1.82, 2.24) is 9.13 Å². The first-order chi connectivity index (χ1) is 16.1. The fraction of sp³-hybridized carbons (Fsp3) is 0.154. The summed E-state index contributed by atoms with van der Waals surface area (Å²) in [6, 6.07) is 20.8. The Labute approximate surface area is 188 Å². The predicted octanol–water partition coefficient (Wildman–Crippen LogP) is 4.04. The molecular weight excluding hydrogens is 420 g/mol. The van der Waals surface area contributed by atoms with E-state index in [9.17, 15) is 9.59 Å². The number of hydrogen-bond donors (Lipinski definition) is 0. The van der Waals surface area contributed by atoms with E-state index < -0.39 is 11.2 Å². The number of rotatable bonds is 4. The minimum Gasteiger partial charge on any atom is -0.454 e. The number of para-hydroxylation sites is 1. The van der Waals surface area contributed by atoms with Crippen LogP contribution < -0.4 is 20.7 Å². The smallest absolute Gasteiger partial charge is 0.332 e. The molecule has 3 aromatic carbocycles. The second kappa shape index (κ2) is 7.41. The van der Waals surface area contributed by atoms with Crippen LogP contribution in [0.5, 0.6) is 11.5 Å². The van der Waals surface area contributed by atoms with Crippen LogP contribution in [0.2, 0.25) is 0 Å². The van der Waals surface area contributed by atoms with Crippen molar-refractivity contribution < 1.29 is 13.9 Å². The highest BCUT2D eigenvalue weighted by Crippen LogP contribution is 2.32. The molecule has 0 spiro atoms. The zero-order valence-electron chi connectivity index (χ0n) is 17.9. The Kier molecular flexibility index (Phi) is 4.36. The number of nitrogens with zero attached hydrogens (tertiary/aromatic N) is 2. The first-order valence-corrected chi connectivity index (χ1v) is 10.7. The number of furan rings is 1. The van der Waals surface area contributed by atoms with Gasteiger partial charge in [0.25, 0.3) is 5.56 Å². The third-order valence-corrected chi connectivity index (χ3v) is 5.94. The average molecular weight is 440 g/mol. The molecule has 0 saturated heterocycles. The van der Waals surface area contributed by atoms with Crippen LogP contribution in [0.1, 0.15) is 16.7 Å². The minimum atomic E-state index is -0.454. The fourth-order valence-corrected chi connectivity index (χ4v) is 4.40. The summed E-state index contributed by atoms with van der Waals surface area (Å²) >= 11 is 0. The molecule has 0 unspecified atom stereocenters. The lowest BCUT2D eigenvalue weighted by molar-refractivity contribution is 0.174. The fourth-order valence-electron chi connectivity index (χ4n) is 4.40. The van der Waals surface area contributed by atoms with Crippen molar-refractivity contribution in [2.75, 3.05) is 6.79 Å². The van der Waals surface area contributed by atoms with Crippen LogP contribution >= 0.6 is 0 Å². The lowest BCUT2D eigenvalue weighted by Gasteiger charge is -2.13. The molecular formula is C26H20N2O5. The van der Waals surface area contributed by atoms with E-state index in [2.05, 4.69) is 0 Å². The zero-order valence-corrected chi connectivity index (χ0v) is 17.9. The quantitative estimate of drug-likeness (QED) is 0.422. The Hall–Kier alpha value is -4.26. The molecule has 1 aliphatic rings. The molecule has 1 aliphatic heterocycles. The Bertz CT molecular complexity index is 1660. The van der Waals surface area contributed by atoms with Crippen LogP contribution in [0.4, 0.5) is 0 Å². The maximum atomic E-state index is 13.7. The van der Waals surface area contributed by atoms with Gasteiger partial charge in [-0.1, -0.05) is 48.0 Å². The molecule has 0 N–H and O–H groups in total. The predicted molar refractivity (Wildman–Crippen MR) is 124 cm³/mol. The van der Waals surface area contributed by atoms with Crippen molar-refractivity contribution in [3.8, 4) is 11.5 Å². The molecule has 0 aliphatic carbocycles. The van der Waals surface area contributed by atoms with Gasteiger partial charge in [0, 0.05) is 5.39 Å². The van der Waals surface area contributed by atoms with Crippen molar-refractivity contribution in [3.05, 3.63) is 104 Å². The molecule has 2 aromatic heterocycles. The summed E-state index contributed by atoms with van der Waals surface area (Å²) in [7, 11) is 0. The SMILES string of the molecule is Cc1cccc(Cn2c(=O)n(Cc3ccc4c(c3)OCO4)c(=O)c3oc4ccccc4c32)c1. The van der Waals surface area contributed by atoms with E-state index in [1.807, 2.05) is 55.5 Å². The normalized spacial score (nSPS) is 12.6. The third-order valence-electron chi connectivity index (χ3n) is 5.94. The van der Waals surface area contributed by atoms with E-state index in [1.165, 1.54) is 4.57 Å². The van der Waals surface area contributed by atoms with Gasteiger partial charge < -0.3 is 13.9 Å². The Morgan fingerprint density at radius 1 is 0.818 bits per heavy atom. The van der Waals surface area contributed by atoms with Crippen molar-refractivity contribution in [2.24, 2.45) is 0 Å². The van der Waals surface area contributed by atoms with Gasteiger partial charge in [0.15, 0.2) is 11.5 Å². The molecule has 0 bridgehead atoms. The van der Waals surface area contributed by atoms with Gasteiger partial charge >= 0.3 is 5.69 Å². The monoisotopic (exact) mass is 440 g/mol. The highest BCUT2D eigenvalue weighted by molar-refractivity contribution is 6.02. The second-order valence-corrected chi connectivity index (χ2v) is 8.21. The first-order valence-electron chi connectivity index (χ1n) is 10.7. The van der Waals surface area contributed by atoms with Gasteiger partial charge in [0.2, 0.25) is 12.4 Å². The molecule has 5 aromatic rings. The van der Waals surface area contributed by atoms with Crippen LogP contribution in [0, 0.1) is 6.92 Å². The summed E-state index contributed by atoms with van der Waals surface area (Å²) < 4.78 is 19.6. The number of ether oxygens (including phenoxy) is 2. The molecule has 33 heavy (non-hydrogen) atoms. The van der Waals surface area contributed by atoms with E-state index in [0.717, 1.165) is 22.1 Å². The van der Waals surface area contributed by atoms with E-state index in [4.69, 9.17) is 13.9 Å². The third kappa shape index (κ3) is 3.20. The lowest BCUT2D eigenvalue weighted by Crippen LogP contribution is -2.40. The van der Waals surface area contributed by atoms with Gasteiger partial charge in [-0.25, -0.2) is 4.79 Å². The molecule has 7 heteroatoms. The summed E-state index contributed by atoms with van der Waals surface area (Å²) in [5.41, 5.74) is 3.24. The number of aryl methyl sites for hydroxylation is 1. The minimum absolute atomic E-state index is 0.0924. The molecule has 7 nitrogen and oxygen atoms in total. The second-order valence-electron chi connectivity index (χ2n) is 8.21. The number of aromatic nitrogens is 2. The molecule has 3 heterocycles. The van der Waals surface area contributed by atoms with Gasteiger partial charge in [-0.05, 0) is 42.3 Å². The summed E-state index contributed by atoms with van der Waals surface area (Å²) in [5, 5.41) is 0.740. The highest BCUT2D eigenvalue weighted by atomic mass is 16.7. The zero-order chi connectivity index (χ0) is 22.5. The Balaban J connectivity index is 1.58. The van der Waals surface area contributed by atoms with Gasteiger partial charge in [-0.3, -0.25) is 13.9 Å². The van der Waals surface area contributed by atoms with Gasteiger partial charge in [-0.2, -0.15) is 0 Å². The molecule has 0 radical (unpaired) electrons. The number of hydrogen-bond acceptors (Lipinski definition) is 5. The molecule has 0 atom stereocenters. The van der Waals surface area contributed by atoms with Crippen LogP contribution in [0.15, 0.2) is 80.7 Å². The standard InChI is InChI=1S/C26H20N2O5/c1-16-5-4-6-17(11-16)13-27-23-19-7-2-3-8-20(19)33-24(23)25(29)28(26(27)30)14-18-9-10-21-22(12-18)32-15-31-21/h2-12H,13-15H2,1H3. The van der Waals surface area contributed by atoms with Crippen molar-refractivity contribution in [2.45, 2.75) is 20.0 Å². The summed E-state index contributed by atoms with van der Waals surface area (Å²) in [6.07, 6.45) is 0. The van der Waals surface area contributed by atoms with Gasteiger partial charge in [0.1, 0.15) is 11.1 Å². The molecule has 0 saturated carbocycles. The molecule has 6 rings (SSSR count). The molecule has 0 amide bonds. The Morgan fingerprint density at radius 3 is 2.48 bits per heavy atom. The van der Waals surface area contributed by atoms with Crippen LogP contribution in [-0.2, 0) is 13.1 Å². The molecule has 164 valence electrons. The average Bonchev–Trinajstić information content (AvgIpc) is 3.44. The van der Waals surface area contributed by atoms with Crippen molar-refractivity contribution in [3.63, 3.8) is 0 Å². The summed E-state index contributed by atoms with van der Waals surface area (Å²) in [5.74, 6) is 1.25. The van der Waals surface area contributed by atoms with Gasteiger partial charge in [0.05, 0.1) is 13.1 Å². The lowest BCUT2D eigenvalue weighted by atomic mass is 10.1. The largest absolute Gasteiger partial charge is 0.454 e. The van der Waals surface area contributed by atoms with Crippen molar-refractivity contribution >= 4 is 22.1 Å². The maximum absolute atomic E-state index is 13.7. The number of benzene rings is 3. The Morgan fingerprint density at radius 2 is 1.61 bits per heavy atom. The highest BCUT2D eigenvalue weighted by Gasteiger charge is 2.21. The maximum Gasteiger partial charge on any atom is 0.332 e. The number of fused-ring (bicyclic) bond motifs is 4. The first kappa shape index (κ1) is 19.4. The van der Waals surface area contributed by atoms with Crippen LogP contribution in [0.3, 0.4) is 0 Å². The van der Waals surface area contributed by atoms with E-state index in [0.29, 0.717) is 29.1 Å². The summed E-state index contributed by atoms with van der Waals surface area (Å²) in [4.78, 5) is 27.1. The molecule has 0 fully saturated rings. The van der Waals surface area contributed by atoms with Crippen LogP contribution in [-0.4, -0.2) is 15.9 Å². The van der Waals surface area contributed by atoms with E-state index >= 15 is 0 Å². The van der Waals surface area contributed by atoms with Crippen LogP contribution in [0.25, 0.3) is 22.1 Å². The van der Waals surface area contributed by atoms with E-state index in [1.54, 1.807) is 22.8 Å². The van der Waals surface area contributed by atoms with Gasteiger partial charge in [-0.15, -0.1) is 0 Å². The van der Waals surface area contributed by atoms with E-state index in [-0.39, 0.29) is 18.9 Å². The van der Waals surface area contributed by atoms with Crippen molar-refractivity contribution in [1.29, 1.82) is 0 Å².